The van der Waals surface area contributed by atoms with E-state index in [4.69, 9.17) is 5.11 Å². The van der Waals surface area contributed by atoms with Gasteiger partial charge in [0.25, 0.3) is 5.56 Å². The normalized spacial score (nSPS) is 11.7. The topological polar surface area (TPSA) is 72.2 Å². The molecule has 112 valence electrons. The summed E-state index contributed by atoms with van der Waals surface area (Å²) in [7, 11) is 0. The van der Waals surface area contributed by atoms with Gasteiger partial charge in [0, 0.05) is 6.54 Å². The summed E-state index contributed by atoms with van der Waals surface area (Å²) >= 11 is 0. The Labute approximate surface area is 123 Å². The Morgan fingerprint density at radius 1 is 1.29 bits per heavy atom. The van der Waals surface area contributed by atoms with Gasteiger partial charge >= 0.3 is 5.97 Å². The first kappa shape index (κ1) is 15.2. The van der Waals surface area contributed by atoms with Gasteiger partial charge in [-0.05, 0) is 38.8 Å². The van der Waals surface area contributed by atoms with Gasteiger partial charge in [-0.15, -0.1) is 0 Å². The van der Waals surface area contributed by atoms with Crippen LogP contribution < -0.4 is 5.56 Å². The van der Waals surface area contributed by atoms with Crippen molar-refractivity contribution in [2.45, 2.75) is 39.7 Å². The van der Waals surface area contributed by atoms with E-state index >= 15 is 0 Å². The highest BCUT2D eigenvalue weighted by Gasteiger charge is 2.25. The third-order valence-electron chi connectivity index (χ3n) is 3.76. The molecule has 5 nitrogen and oxygen atoms in total. The van der Waals surface area contributed by atoms with E-state index in [1.807, 2.05) is 18.2 Å². The SMILES string of the molecule is CC(C)(CCCCn1cnc2ccccc2c1=O)C(=O)O. The number of fused-ring (bicyclic) bond motifs is 1. The number of unbranched alkanes of at least 4 members (excludes halogenated alkanes) is 1. The van der Waals surface area contributed by atoms with E-state index in [1.165, 1.54) is 0 Å². The van der Waals surface area contributed by atoms with Crippen LogP contribution in [0, 0.1) is 5.41 Å². The van der Waals surface area contributed by atoms with Gasteiger partial charge in [-0.25, -0.2) is 4.98 Å². The van der Waals surface area contributed by atoms with Crippen molar-refractivity contribution in [1.29, 1.82) is 0 Å². The van der Waals surface area contributed by atoms with Gasteiger partial charge in [0.15, 0.2) is 0 Å². The molecule has 0 atom stereocenters. The first-order valence-corrected chi connectivity index (χ1v) is 7.09. The van der Waals surface area contributed by atoms with Crippen LogP contribution in [0.25, 0.3) is 10.9 Å². The lowest BCUT2D eigenvalue weighted by Crippen LogP contribution is -2.24. The number of carbonyl (C=O) groups is 1. The van der Waals surface area contributed by atoms with Crippen molar-refractivity contribution in [1.82, 2.24) is 9.55 Å². The lowest BCUT2D eigenvalue weighted by Gasteiger charge is -2.18. The monoisotopic (exact) mass is 288 g/mol. The summed E-state index contributed by atoms with van der Waals surface area (Å²) in [6, 6.07) is 7.27. The first-order valence-electron chi connectivity index (χ1n) is 7.09. The molecule has 0 saturated carbocycles. The summed E-state index contributed by atoms with van der Waals surface area (Å²) in [4.78, 5) is 27.5. The molecule has 1 aromatic heterocycles. The Hall–Kier alpha value is -2.17. The number of aryl methyl sites for hydroxylation is 1. The summed E-state index contributed by atoms with van der Waals surface area (Å²) in [5.74, 6) is -0.785. The minimum absolute atomic E-state index is 0.0434. The molecule has 1 aromatic carbocycles. The van der Waals surface area contributed by atoms with Crippen LogP contribution in [-0.2, 0) is 11.3 Å². The second kappa shape index (κ2) is 6.08. The highest BCUT2D eigenvalue weighted by Crippen LogP contribution is 2.23. The van der Waals surface area contributed by atoms with Crippen LogP contribution in [0.2, 0.25) is 0 Å². The van der Waals surface area contributed by atoms with E-state index in [-0.39, 0.29) is 5.56 Å². The molecule has 0 spiro atoms. The zero-order valence-corrected chi connectivity index (χ0v) is 12.4. The van der Waals surface area contributed by atoms with Crippen molar-refractivity contribution in [3.05, 3.63) is 40.9 Å². The largest absolute Gasteiger partial charge is 0.481 e. The predicted molar refractivity (Wildman–Crippen MR) is 81.3 cm³/mol. The summed E-state index contributed by atoms with van der Waals surface area (Å²) in [6.07, 6.45) is 3.68. The molecule has 0 aliphatic rings. The number of hydrogen-bond donors (Lipinski definition) is 1. The summed E-state index contributed by atoms with van der Waals surface area (Å²) in [5, 5.41) is 9.67. The molecule has 0 saturated heterocycles. The number of aromatic nitrogens is 2. The smallest absolute Gasteiger partial charge is 0.309 e. The van der Waals surface area contributed by atoms with Crippen LogP contribution in [0.5, 0.6) is 0 Å². The molecule has 0 amide bonds. The molecule has 2 aromatic rings. The Kier molecular flexibility index (Phi) is 4.40. The Morgan fingerprint density at radius 2 is 2.00 bits per heavy atom. The van der Waals surface area contributed by atoms with Gasteiger partial charge in [-0.1, -0.05) is 18.6 Å². The van der Waals surface area contributed by atoms with Crippen molar-refractivity contribution in [3.63, 3.8) is 0 Å². The summed E-state index contributed by atoms with van der Waals surface area (Å²) in [5.41, 5.74) is -0.0593. The minimum Gasteiger partial charge on any atom is -0.481 e. The third kappa shape index (κ3) is 3.48. The van der Waals surface area contributed by atoms with E-state index in [1.54, 1.807) is 30.8 Å². The minimum atomic E-state index is -0.785. The molecule has 0 aliphatic carbocycles. The fourth-order valence-electron chi connectivity index (χ4n) is 2.22. The van der Waals surface area contributed by atoms with Crippen molar-refractivity contribution in [2.24, 2.45) is 5.41 Å². The van der Waals surface area contributed by atoms with E-state index in [0.717, 1.165) is 12.8 Å². The highest BCUT2D eigenvalue weighted by atomic mass is 16.4. The number of rotatable bonds is 6. The summed E-state index contributed by atoms with van der Waals surface area (Å²) in [6.45, 7) is 4.00. The van der Waals surface area contributed by atoms with Crippen LogP contribution in [-0.4, -0.2) is 20.6 Å². The summed E-state index contributed by atoms with van der Waals surface area (Å²) < 4.78 is 1.59. The van der Waals surface area contributed by atoms with Crippen molar-refractivity contribution in [3.8, 4) is 0 Å². The van der Waals surface area contributed by atoms with Crippen LogP contribution in [0.3, 0.4) is 0 Å². The molecular weight excluding hydrogens is 268 g/mol. The molecule has 0 radical (unpaired) electrons. The number of benzene rings is 1. The number of nitrogens with zero attached hydrogens (tertiary/aromatic N) is 2. The number of aliphatic carboxylic acids is 1. The van der Waals surface area contributed by atoms with E-state index in [0.29, 0.717) is 23.9 Å². The lowest BCUT2D eigenvalue weighted by atomic mass is 9.87. The number of hydrogen-bond acceptors (Lipinski definition) is 3. The van der Waals surface area contributed by atoms with Crippen molar-refractivity contribution < 1.29 is 9.90 Å². The quantitative estimate of drug-likeness (QED) is 0.829. The van der Waals surface area contributed by atoms with Crippen LogP contribution >= 0.6 is 0 Å². The standard InChI is InChI=1S/C16H20N2O3/c1-16(2,15(20)21)9-5-6-10-18-11-17-13-8-4-3-7-12(13)14(18)19/h3-4,7-8,11H,5-6,9-10H2,1-2H3,(H,20,21). The van der Waals surface area contributed by atoms with Gasteiger partial charge in [-0.2, -0.15) is 0 Å². The Balaban J connectivity index is 2.00. The van der Waals surface area contributed by atoms with Crippen molar-refractivity contribution in [2.75, 3.05) is 0 Å². The average Bonchev–Trinajstić information content (AvgIpc) is 2.45. The van der Waals surface area contributed by atoms with Crippen LogP contribution in [0.15, 0.2) is 35.4 Å². The number of carboxylic acid groups (broad SMARTS) is 1. The molecule has 0 aliphatic heterocycles. The molecule has 1 heterocycles. The maximum Gasteiger partial charge on any atom is 0.309 e. The lowest BCUT2D eigenvalue weighted by molar-refractivity contribution is -0.147. The van der Waals surface area contributed by atoms with Crippen LogP contribution in [0.4, 0.5) is 0 Å². The van der Waals surface area contributed by atoms with Gasteiger partial charge in [0.05, 0.1) is 22.6 Å². The maximum absolute atomic E-state index is 12.3. The Bertz CT molecular complexity index is 704. The third-order valence-corrected chi connectivity index (χ3v) is 3.76. The average molecular weight is 288 g/mol. The number of para-hydroxylation sites is 1. The molecular formula is C16H20N2O3. The molecule has 21 heavy (non-hydrogen) atoms. The van der Waals surface area contributed by atoms with Crippen LogP contribution in [0.1, 0.15) is 33.1 Å². The maximum atomic E-state index is 12.3. The van der Waals surface area contributed by atoms with Gasteiger partial charge in [0.2, 0.25) is 0 Å². The van der Waals surface area contributed by atoms with E-state index in [9.17, 15) is 9.59 Å². The number of carboxylic acids is 1. The molecule has 0 bridgehead atoms. The zero-order valence-electron chi connectivity index (χ0n) is 12.4. The van der Waals surface area contributed by atoms with Gasteiger partial charge in [-0.3, -0.25) is 14.2 Å². The van der Waals surface area contributed by atoms with E-state index < -0.39 is 11.4 Å². The van der Waals surface area contributed by atoms with E-state index in [2.05, 4.69) is 4.98 Å². The van der Waals surface area contributed by atoms with Crippen molar-refractivity contribution >= 4 is 16.9 Å². The van der Waals surface area contributed by atoms with Gasteiger partial charge < -0.3 is 5.11 Å². The zero-order chi connectivity index (χ0) is 15.5. The molecule has 1 N–H and O–H groups in total. The fourth-order valence-corrected chi connectivity index (χ4v) is 2.22. The molecule has 0 fully saturated rings. The van der Waals surface area contributed by atoms with Gasteiger partial charge in [0.1, 0.15) is 0 Å². The predicted octanol–water partition coefficient (Wildman–Crippen LogP) is 2.68. The molecule has 2 rings (SSSR count). The second-order valence-electron chi connectivity index (χ2n) is 5.91. The highest BCUT2D eigenvalue weighted by molar-refractivity contribution is 5.76. The fraction of sp³-hybridized carbons (Fsp3) is 0.438. The molecule has 5 heteroatoms. The Morgan fingerprint density at radius 3 is 2.71 bits per heavy atom. The second-order valence-corrected chi connectivity index (χ2v) is 5.91. The molecule has 0 unspecified atom stereocenters. The first-order chi connectivity index (χ1) is 9.92.